The first-order valence-corrected chi connectivity index (χ1v) is 7.67. The fourth-order valence-corrected chi connectivity index (χ4v) is 2.03. The molecule has 1 rings (SSSR count). The molecule has 0 aliphatic heterocycles. The monoisotopic (exact) mass is 320 g/mol. The molecule has 0 bridgehead atoms. The van der Waals surface area contributed by atoms with Gasteiger partial charge in [0.05, 0.1) is 19.1 Å². The van der Waals surface area contributed by atoms with Crippen LogP contribution in [0.15, 0.2) is 24.3 Å². The fourth-order valence-electron chi connectivity index (χ4n) is 2.03. The molecule has 1 aromatic carbocycles. The molecule has 6 nitrogen and oxygen atoms in total. The molecule has 0 aromatic heterocycles. The van der Waals surface area contributed by atoms with Gasteiger partial charge in [-0.2, -0.15) is 0 Å². The maximum Gasteiger partial charge on any atom is 0.223 e. The Morgan fingerprint density at radius 3 is 2.22 bits per heavy atom. The molecule has 0 aliphatic carbocycles. The standard InChI is InChI=1S/C17H24N2O4/c1-3-11(2)17(23)19-14(9-16(18)22)15(21)8-12-4-6-13(10-20)7-5-12/h4-7,11,14,20H,3,8-10H2,1-2H3,(H2,18,22)(H,19,23). The number of benzene rings is 1. The van der Waals surface area contributed by atoms with Gasteiger partial charge in [-0.1, -0.05) is 38.1 Å². The van der Waals surface area contributed by atoms with Gasteiger partial charge in [0, 0.05) is 12.3 Å². The summed E-state index contributed by atoms with van der Waals surface area (Å²) in [5.74, 6) is -1.40. The van der Waals surface area contributed by atoms with E-state index in [1.54, 1.807) is 31.2 Å². The van der Waals surface area contributed by atoms with E-state index in [0.717, 1.165) is 11.1 Å². The highest BCUT2D eigenvalue weighted by atomic mass is 16.3. The Morgan fingerprint density at radius 2 is 1.74 bits per heavy atom. The molecule has 0 saturated heterocycles. The average Bonchev–Trinajstić information content (AvgIpc) is 2.53. The molecule has 2 unspecified atom stereocenters. The summed E-state index contributed by atoms with van der Waals surface area (Å²) in [6.07, 6.45) is 0.520. The van der Waals surface area contributed by atoms with Crippen molar-refractivity contribution in [2.24, 2.45) is 11.7 Å². The zero-order chi connectivity index (χ0) is 17.4. The van der Waals surface area contributed by atoms with Crippen LogP contribution in [0, 0.1) is 5.92 Å². The second-order valence-corrected chi connectivity index (χ2v) is 5.66. The fraction of sp³-hybridized carbons (Fsp3) is 0.471. The minimum Gasteiger partial charge on any atom is -0.392 e. The Bertz CT molecular complexity index is 554. The molecular formula is C17H24N2O4. The van der Waals surface area contributed by atoms with Crippen LogP contribution >= 0.6 is 0 Å². The van der Waals surface area contributed by atoms with Crippen LogP contribution in [0.25, 0.3) is 0 Å². The van der Waals surface area contributed by atoms with Crippen molar-refractivity contribution >= 4 is 17.6 Å². The van der Waals surface area contributed by atoms with Crippen molar-refractivity contribution in [3.8, 4) is 0 Å². The Kier molecular flexibility index (Phi) is 7.41. The van der Waals surface area contributed by atoms with Gasteiger partial charge in [-0.05, 0) is 17.5 Å². The van der Waals surface area contributed by atoms with Crippen molar-refractivity contribution in [2.45, 2.75) is 45.8 Å². The van der Waals surface area contributed by atoms with Crippen LogP contribution in [-0.4, -0.2) is 28.7 Å². The number of ketones is 1. The molecule has 0 spiro atoms. The van der Waals surface area contributed by atoms with E-state index in [2.05, 4.69) is 5.32 Å². The van der Waals surface area contributed by atoms with Gasteiger partial charge in [0.25, 0.3) is 0 Å². The summed E-state index contributed by atoms with van der Waals surface area (Å²) in [5, 5.41) is 11.6. The van der Waals surface area contributed by atoms with E-state index in [9.17, 15) is 14.4 Å². The van der Waals surface area contributed by atoms with Gasteiger partial charge >= 0.3 is 0 Å². The number of hydrogen-bond donors (Lipinski definition) is 3. The van der Waals surface area contributed by atoms with E-state index in [4.69, 9.17) is 10.8 Å². The third-order valence-electron chi connectivity index (χ3n) is 3.75. The lowest BCUT2D eigenvalue weighted by Crippen LogP contribution is -2.45. The quantitative estimate of drug-likeness (QED) is 0.622. The van der Waals surface area contributed by atoms with Gasteiger partial charge in [0.15, 0.2) is 5.78 Å². The second kappa shape index (κ2) is 9.05. The number of aliphatic hydroxyl groups excluding tert-OH is 1. The van der Waals surface area contributed by atoms with E-state index in [1.165, 1.54) is 0 Å². The number of carbonyl (C=O) groups is 3. The van der Waals surface area contributed by atoms with E-state index >= 15 is 0 Å². The smallest absolute Gasteiger partial charge is 0.223 e. The molecule has 126 valence electrons. The summed E-state index contributed by atoms with van der Waals surface area (Å²) in [6.45, 7) is 3.57. The number of nitrogens with one attached hydrogen (secondary N) is 1. The molecule has 0 fully saturated rings. The lowest BCUT2D eigenvalue weighted by atomic mass is 9.99. The van der Waals surface area contributed by atoms with E-state index < -0.39 is 11.9 Å². The molecule has 0 radical (unpaired) electrons. The van der Waals surface area contributed by atoms with Gasteiger partial charge in [-0.25, -0.2) is 0 Å². The van der Waals surface area contributed by atoms with Crippen LogP contribution < -0.4 is 11.1 Å². The maximum absolute atomic E-state index is 12.4. The van der Waals surface area contributed by atoms with Crippen molar-refractivity contribution in [1.82, 2.24) is 5.32 Å². The van der Waals surface area contributed by atoms with Crippen LogP contribution in [0.5, 0.6) is 0 Å². The Labute approximate surface area is 136 Å². The molecule has 0 saturated carbocycles. The largest absolute Gasteiger partial charge is 0.392 e. The van der Waals surface area contributed by atoms with Gasteiger partial charge < -0.3 is 16.2 Å². The van der Waals surface area contributed by atoms with Crippen LogP contribution in [0.3, 0.4) is 0 Å². The number of primary amides is 1. The first kappa shape index (κ1) is 18.8. The van der Waals surface area contributed by atoms with Gasteiger partial charge in [-0.15, -0.1) is 0 Å². The van der Waals surface area contributed by atoms with Crippen LogP contribution in [0.4, 0.5) is 0 Å². The number of Topliss-reactive ketones (excluding diaryl/α,β-unsaturated/α-hetero) is 1. The highest BCUT2D eigenvalue weighted by Gasteiger charge is 2.24. The summed E-state index contributed by atoms with van der Waals surface area (Å²) < 4.78 is 0. The molecule has 4 N–H and O–H groups in total. The normalized spacial score (nSPS) is 13.2. The minimum absolute atomic E-state index is 0.0660. The molecule has 2 amide bonds. The Balaban J connectivity index is 2.77. The van der Waals surface area contributed by atoms with Crippen molar-refractivity contribution < 1.29 is 19.5 Å². The molecular weight excluding hydrogens is 296 g/mol. The summed E-state index contributed by atoms with van der Waals surface area (Å²) >= 11 is 0. The lowest BCUT2D eigenvalue weighted by Gasteiger charge is -2.18. The lowest BCUT2D eigenvalue weighted by molar-refractivity contribution is -0.131. The minimum atomic E-state index is -0.911. The van der Waals surface area contributed by atoms with Crippen molar-refractivity contribution in [3.05, 3.63) is 35.4 Å². The average molecular weight is 320 g/mol. The van der Waals surface area contributed by atoms with Crippen molar-refractivity contribution in [3.63, 3.8) is 0 Å². The Hall–Kier alpha value is -2.21. The molecule has 23 heavy (non-hydrogen) atoms. The van der Waals surface area contributed by atoms with Crippen molar-refractivity contribution in [2.75, 3.05) is 0 Å². The molecule has 2 atom stereocenters. The third kappa shape index (κ3) is 6.20. The number of hydrogen-bond acceptors (Lipinski definition) is 4. The molecule has 6 heteroatoms. The van der Waals surface area contributed by atoms with Gasteiger partial charge in [0.2, 0.25) is 11.8 Å². The van der Waals surface area contributed by atoms with Gasteiger partial charge in [-0.3, -0.25) is 14.4 Å². The van der Waals surface area contributed by atoms with Gasteiger partial charge in [0.1, 0.15) is 0 Å². The van der Waals surface area contributed by atoms with E-state index in [-0.39, 0.29) is 37.1 Å². The number of carbonyl (C=O) groups excluding carboxylic acids is 3. The zero-order valence-electron chi connectivity index (χ0n) is 13.5. The number of amides is 2. The summed E-state index contributed by atoms with van der Waals surface area (Å²) in [6, 6.07) is 6.02. The van der Waals surface area contributed by atoms with Crippen LogP contribution in [0.2, 0.25) is 0 Å². The SMILES string of the molecule is CCC(C)C(=O)NC(CC(N)=O)C(=O)Cc1ccc(CO)cc1. The highest BCUT2D eigenvalue weighted by Crippen LogP contribution is 2.09. The highest BCUT2D eigenvalue weighted by molar-refractivity contribution is 5.94. The predicted molar refractivity (Wildman–Crippen MR) is 86.3 cm³/mol. The van der Waals surface area contributed by atoms with Crippen LogP contribution in [-0.2, 0) is 27.4 Å². The number of aliphatic hydroxyl groups is 1. The number of rotatable bonds is 9. The Morgan fingerprint density at radius 1 is 1.17 bits per heavy atom. The third-order valence-corrected chi connectivity index (χ3v) is 3.75. The van der Waals surface area contributed by atoms with E-state index in [1.807, 2.05) is 6.92 Å². The predicted octanol–water partition coefficient (Wildman–Crippen LogP) is 0.697. The first-order chi connectivity index (χ1) is 10.9. The van der Waals surface area contributed by atoms with Crippen molar-refractivity contribution in [1.29, 1.82) is 0 Å². The summed E-state index contributed by atoms with van der Waals surface area (Å²) in [5.41, 5.74) is 6.68. The second-order valence-electron chi connectivity index (χ2n) is 5.66. The maximum atomic E-state index is 12.4. The first-order valence-electron chi connectivity index (χ1n) is 7.67. The summed E-state index contributed by atoms with van der Waals surface area (Å²) in [7, 11) is 0. The molecule has 0 heterocycles. The van der Waals surface area contributed by atoms with E-state index in [0.29, 0.717) is 6.42 Å². The molecule has 1 aromatic rings. The molecule has 0 aliphatic rings. The number of nitrogens with two attached hydrogens (primary N) is 1. The zero-order valence-corrected chi connectivity index (χ0v) is 13.5. The van der Waals surface area contributed by atoms with Crippen LogP contribution in [0.1, 0.15) is 37.8 Å². The topological polar surface area (TPSA) is 109 Å². The summed E-state index contributed by atoms with van der Waals surface area (Å²) in [4.78, 5) is 35.5.